The molecule has 0 aliphatic carbocycles. The minimum atomic E-state index is -0.923. The van der Waals surface area contributed by atoms with Gasteiger partial charge in [0.25, 0.3) is 5.91 Å². The molecule has 2 aromatic rings. The van der Waals surface area contributed by atoms with E-state index in [4.69, 9.17) is 5.26 Å². The van der Waals surface area contributed by atoms with Crippen LogP contribution in [0.15, 0.2) is 59.7 Å². The van der Waals surface area contributed by atoms with E-state index in [1.54, 1.807) is 42.5 Å². The molecule has 2 rings (SSSR count). The zero-order valence-corrected chi connectivity index (χ0v) is 11.1. The van der Waals surface area contributed by atoms with Crippen molar-refractivity contribution in [1.82, 2.24) is 5.43 Å². The smallest absolute Gasteiger partial charge is 0.261 e. The monoisotopic (exact) mass is 279 g/mol. The van der Waals surface area contributed by atoms with Gasteiger partial charge in [0, 0.05) is 5.56 Å². The van der Waals surface area contributed by atoms with E-state index in [-0.39, 0.29) is 5.75 Å². The fourth-order valence-corrected chi connectivity index (χ4v) is 1.76. The van der Waals surface area contributed by atoms with Crippen molar-refractivity contribution in [1.29, 1.82) is 5.26 Å². The van der Waals surface area contributed by atoms with Gasteiger partial charge in [-0.15, -0.1) is 0 Å². The van der Waals surface area contributed by atoms with Crippen LogP contribution in [0.2, 0.25) is 0 Å². The number of carbonyl (C=O) groups excluding carboxylic acids is 1. The van der Waals surface area contributed by atoms with E-state index in [1.165, 1.54) is 12.3 Å². The second-order valence-corrected chi connectivity index (χ2v) is 4.27. The van der Waals surface area contributed by atoms with Gasteiger partial charge < -0.3 is 5.11 Å². The normalized spacial score (nSPS) is 11.8. The first-order valence-electron chi connectivity index (χ1n) is 6.28. The number of aromatic hydroxyl groups is 1. The summed E-state index contributed by atoms with van der Waals surface area (Å²) in [4.78, 5) is 11.9. The van der Waals surface area contributed by atoms with Crippen LogP contribution < -0.4 is 5.43 Å². The molecule has 0 saturated carbocycles. The highest BCUT2D eigenvalue weighted by Crippen LogP contribution is 2.15. The molecule has 0 heterocycles. The van der Waals surface area contributed by atoms with Gasteiger partial charge in [0.15, 0.2) is 5.92 Å². The number of amides is 1. The summed E-state index contributed by atoms with van der Waals surface area (Å²) in [6.07, 6.45) is 1.33. The Morgan fingerprint density at radius 3 is 2.52 bits per heavy atom. The molecule has 104 valence electrons. The molecule has 5 heteroatoms. The van der Waals surface area contributed by atoms with E-state index >= 15 is 0 Å². The second kappa shape index (κ2) is 6.87. The fraction of sp³-hybridized carbons (Fsp3) is 0.0625. The van der Waals surface area contributed by atoms with Crippen LogP contribution in [0, 0.1) is 11.3 Å². The number of hydrogen-bond acceptors (Lipinski definition) is 4. The predicted octanol–water partition coefficient (Wildman–Crippen LogP) is 2.15. The molecule has 0 saturated heterocycles. The number of nitriles is 1. The molecule has 2 N–H and O–H groups in total. The Bertz CT molecular complexity index is 690. The van der Waals surface area contributed by atoms with Gasteiger partial charge in [-0.25, -0.2) is 5.43 Å². The number of phenolic OH excluding ortho intramolecular Hbond substituents is 1. The van der Waals surface area contributed by atoms with Gasteiger partial charge in [-0.05, 0) is 17.7 Å². The van der Waals surface area contributed by atoms with Gasteiger partial charge in [0.1, 0.15) is 5.75 Å². The van der Waals surface area contributed by atoms with E-state index in [0.29, 0.717) is 11.1 Å². The Balaban J connectivity index is 2.05. The number of hydrazone groups is 1. The third-order valence-electron chi connectivity index (χ3n) is 2.84. The lowest BCUT2D eigenvalue weighted by molar-refractivity contribution is -0.121. The molecule has 1 atom stereocenters. The van der Waals surface area contributed by atoms with Crippen LogP contribution in [-0.4, -0.2) is 17.2 Å². The van der Waals surface area contributed by atoms with Crippen molar-refractivity contribution in [2.45, 2.75) is 5.92 Å². The molecule has 0 bridgehead atoms. The average molecular weight is 279 g/mol. The molecule has 1 amide bonds. The standard InChI is InChI=1S/C16H13N3O2/c17-10-14(12-6-2-1-3-7-12)16(21)19-18-11-13-8-4-5-9-15(13)20/h1-9,11,14,20H,(H,19,21)/b18-11-/t14-/m0/s1. The molecule has 0 aromatic heterocycles. The molecule has 2 aromatic carbocycles. The molecule has 0 spiro atoms. The lowest BCUT2D eigenvalue weighted by Gasteiger charge is -2.07. The van der Waals surface area contributed by atoms with Crippen LogP contribution in [0.3, 0.4) is 0 Å². The van der Waals surface area contributed by atoms with Gasteiger partial charge in [-0.1, -0.05) is 42.5 Å². The average Bonchev–Trinajstić information content (AvgIpc) is 2.51. The first-order chi connectivity index (χ1) is 10.2. The first kappa shape index (κ1) is 14.3. The lowest BCUT2D eigenvalue weighted by Crippen LogP contribution is -2.24. The van der Waals surface area contributed by atoms with Gasteiger partial charge in [0.05, 0.1) is 12.3 Å². The van der Waals surface area contributed by atoms with E-state index in [9.17, 15) is 9.90 Å². The van der Waals surface area contributed by atoms with Crippen molar-refractivity contribution in [2.75, 3.05) is 0 Å². The molecule has 0 aliphatic heterocycles. The van der Waals surface area contributed by atoms with E-state index in [1.807, 2.05) is 12.1 Å². The maximum absolute atomic E-state index is 11.9. The largest absolute Gasteiger partial charge is 0.507 e. The molecule has 0 unspecified atom stereocenters. The molecule has 5 nitrogen and oxygen atoms in total. The fourth-order valence-electron chi connectivity index (χ4n) is 1.76. The van der Waals surface area contributed by atoms with Crippen molar-refractivity contribution in [3.05, 3.63) is 65.7 Å². The minimum Gasteiger partial charge on any atom is -0.507 e. The zero-order chi connectivity index (χ0) is 15.1. The zero-order valence-electron chi connectivity index (χ0n) is 11.1. The maximum atomic E-state index is 11.9. The summed E-state index contributed by atoms with van der Waals surface area (Å²) in [6.45, 7) is 0. The van der Waals surface area contributed by atoms with Gasteiger partial charge in [-0.3, -0.25) is 4.79 Å². The highest BCUT2D eigenvalue weighted by molar-refractivity contribution is 5.88. The van der Waals surface area contributed by atoms with Gasteiger partial charge >= 0.3 is 0 Å². The van der Waals surface area contributed by atoms with Crippen molar-refractivity contribution < 1.29 is 9.90 Å². The van der Waals surface area contributed by atoms with Crippen LogP contribution in [0.5, 0.6) is 5.75 Å². The van der Waals surface area contributed by atoms with Crippen molar-refractivity contribution in [3.8, 4) is 11.8 Å². The van der Waals surface area contributed by atoms with Gasteiger partial charge in [-0.2, -0.15) is 10.4 Å². The van der Waals surface area contributed by atoms with Crippen molar-refractivity contribution in [2.24, 2.45) is 5.10 Å². The van der Waals surface area contributed by atoms with E-state index < -0.39 is 11.8 Å². The highest BCUT2D eigenvalue weighted by Gasteiger charge is 2.19. The molecule has 0 fully saturated rings. The second-order valence-electron chi connectivity index (χ2n) is 4.27. The number of rotatable bonds is 4. The maximum Gasteiger partial charge on any atom is 0.261 e. The molecule has 0 radical (unpaired) electrons. The molecule has 0 aliphatic rings. The van der Waals surface area contributed by atoms with E-state index in [2.05, 4.69) is 10.5 Å². The Labute approximate surface area is 122 Å². The van der Waals surface area contributed by atoms with Gasteiger partial charge in [0.2, 0.25) is 0 Å². The number of hydrogen-bond donors (Lipinski definition) is 2. The van der Waals surface area contributed by atoms with E-state index in [0.717, 1.165) is 0 Å². The minimum absolute atomic E-state index is 0.0652. The number of nitrogens with zero attached hydrogens (tertiary/aromatic N) is 2. The number of carbonyl (C=O) groups is 1. The molecule has 21 heavy (non-hydrogen) atoms. The number of nitrogens with one attached hydrogen (secondary N) is 1. The number of phenols is 1. The Morgan fingerprint density at radius 1 is 1.19 bits per heavy atom. The number of para-hydroxylation sites is 1. The van der Waals surface area contributed by atoms with Crippen LogP contribution in [-0.2, 0) is 4.79 Å². The summed E-state index contributed by atoms with van der Waals surface area (Å²) in [7, 11) is 0. The first-order valence-corrected chi connectivity index (χ1v) is 6.28. The summed E-state index contributed by atoms with van der Waals surface area (Å²) in [5, 5.41) is 22.4. The topological polar surface area (TPSA) is 85.5 Å². The lowest BCUT2D eigenvalue weighted by atomic mass is 10.0. The molecular weight excluding hydrogens is 266 g/mol. The summed E-state index contributed by atoms with van der Waals surface area (Å²) in [5.41, 5.74) is 3.39. The SMILES string of the molecule is N#C[C@H](C(=O)N/N=C\c1ccccc1O)c1ccccc1. The van der Waals surface area contributed by atoms with Crippen LogP contribution in [0.25, 0.3) is 0 Å². The van der Waals surface area contributed by atoms with Crippen molar-refractivity contribution >= 4 is 12.1 Å². The third-order valence-corrected chi connectivity index (χ3v) is 2.84. The van der Waals surface area contributed by atoms with Crippen LogP contribution >= 0.6 is 0 Å². The summed E-state index contributed by atoms with van der Waals surface area (Å²) in [6, 6.07) is 17.3. The van der Waals surface area contributed by atoms with Crippen molar-refractivity contribution in [3.63, 3.8) is 0 Å². The highest BCUT2D eigenvalue weighted by atomic mass is 16.3. The third kappa shape index (κ3) is 3.67. The predicted molar refractivity (Wildman–Crippen MR) is 78.6 cm³/mol. The quantitative estimate of drug-likeness (QED) is 0.664. The number of benzene rings is 2. The molecular formula is C16H13N3O2. The Hall–Kier alpha value is -3.13. The van der Waals surface area contributed by atoms with Crippen LogP contribution in [0.1, 0.15) is 17.0 Å². The summed E-state index contributed by atoms with van der Waals surface area (Å²) >= 11 is 0. The Morgan fingerprint density at radius 2 is 1.86 bits per heavy atom. The van der Waals surface area contributed by atoms with Crippen LogP contribution in [0.4, 0.5) is 0 Å². The summed E-state index contributed by atoms with van der Waals surface area (Å²) in [5.74, 6) is -1.38. The Kier molecular flexibility index (Phi) is 4.67. The summed E-state index contributed by atoms with van der Waals surface area (Å²) < 4.78 is 0.